The van der Waals surface area contributed by atoms with Gasteiger partial charge in [0.2, 0.25) is 0 Å². The summed E-state index contributed by atoms with van der Waals surface area (Å²) in [5, 5.41) is 4.38. The number of nitrogens with two attached hydrogens (primary N) is 1. The van der Waals surface area contributed by atoms with Crippen LogP contribution in [0.1, 0.15) is 12.5 Å². The van der Waals surface area contributed by atoms with Crippen molar-refractivity contribution >= 4 is 21.7 Å². The van der Waals surface area contributed by atoms with Crippen molar-refractivity contribution in [1.82, 2.24) is 9.78 Å². The number of nitrogen functional groups attached to an aromatic ring is 1. The molecular formula is C12H13BrFN3. The van der Waals surface area contributed by atoms with Gasteiger partial charge in [0.05, 0.1) is 5.69 Å². The van der Waals surface area contributed by atoms with Crippen LogP contribution in [0.25, 0.3) is 11.3 Å². The van der Waals surface area contributed by atoms with Gasteiger partial charge in [0.1, 0.15) is 11.6 Å². The largest absolute Gasteiger partial charge is 0.384 e. The molecule has 0 unspecified atom stereocenters. The van der Waals surface area contributed by atoms with E-state index in [4.69, 9.17) is 5.73 Å². The highest BCUT2D eigenvalue weighted by molar-refractivity contribution is 9.10. The van der Waals surface area contributed by atoms with E-state index in [0.717, 1.165) is 23.2 Å². The summed E-state index contributed by atoms with van der Waals surface area (Å²) in [6.45, 7) is 2.02. The van der Waals surface area contributed by atoms with Gasteiger partial charge in [0, 0.05) is 22.6 Å². The van der Waals surface area contributed by atoms with Gasteiger partial charge >= 0.3 is 0 Å². The molecule has 0 fully saturated rings. The molecule has 0 atom stereocenters. The first-order chi connectivity index (χ1) is 8.04. The molecule has 2 aromatic rings. The molecule has 1 aromatic heterocycles. The van der Waals surface area contributed by atoms with Crippen LogP contribution in [0.3, 0.4) is 0 Å². The Kier molecular flexibility index (Phi) is 3.19. The number of nitrogens with zero attached hydrogens (tertiary/aromatic N) is 2. The van der Waals surface area contributed by atoms with Crippen LogP contribution >= 0.6 is 15.9 Å². The third kappa shape index (κ3) is 2.07. The van der Waals surface area contributed by atoms with E-state index in [9.17, 15) is 4.39 Å². The minimum atomic E-state index is -0.275. The molecule has 2 rings (SSSR count). The van der Waals surface area contributed by atoms with Crippen molar-refractivity contribution in [3.05, 3.63) is 34.1 Å². The molecule has 17 heavy (non-hydrogen) atoms. The van der Waals surface area contributed by atoms with Crippen molar-refractivity contribution in [2.24, 2.45) is 7.05 Å². The molecule has 0 radical (unpaired) electrons. The number of anilines is 1. The summed E-state index contributed by atoms with van der Waals surface area (Å²) >= 11 is 3.35. The maximum Gasteiger partial charge on any atom is 0.125 e. The van der Waals surface area contributed by atoms with Crippen molar-refractivity contribution in [2.45, 2.75) is 13.3 Å². The molecule has 1 heterocycles. The second-order valence-electron chi connectivity index (χ2n) is 3.81. The van der Waals surface area contributed by atoms with Crippen LogP contribution in [-0.4, -0.2) is 9.78 Å². The van der Waals surface area contributed by atoms with E-state index in [2.05, 4.69) is 21.0 Å². The first kappa shape index (κ1) is 12.1. The molecule has 0 saturated heterocycles. The topological polar surface area (TPSA) is 43.8 Å². The number of benzene rings is 1. The molecule has 90 valence electrons. The van der Waals surface area contributed by atoms with Gasteiger partial charge in [0.25, 0.3) is 0 Å². The molecule has 0 saturated carbocycles. The number of hydrogen-bond acceptors (Lipinski definition) is 2. The smallest absolute Gasteiger partial charge is 0.125 e. The highest BCUT2D eigenvalue weighted by atomic mass is 79.9. The van der Waals surface area contributed by atoms with Crippen molar-refractivity contribution < 1.29 is 4.39 Å². The fourth-order valence-corrected chi connectivity index (χ4v) is 2.37. The normalized spacial score (nSPS) is 10.8. The van der Waals surface area contributed by atoms with Crippen molar-refractivity contribution in [3.8, 4) is 11.3 Å². The summed E-state index contributed by atoms with van der Waals surface area (Å²) in [4.78, 5) is 0. The standard InChI is InChI=1S/C12H13BrFN3/c1-3-8-11(16-17(2)12(8)15)9-5-4-7(14)6-10(9)13/h4-6H,3,15H2,1-2H3. The van der Waals surface area contributed by atoms with Crippen molar-refractivity contribution in [3.63, 3.8) is 0 Å². The number of rotatable bonds is 2. The Labute approximate surface area is 108 Å². The maximum atomic E-state index is 13.0. The number of halogens is 2. The molecule has 0 aliphatic carbocycles. The minimum Gasteiger partial charge on any atom is -0.384 e. The van der Waals surface area contributed by atoms with Crippen LogP contribution in [0.2, 0.25) is 0 Å². The van der Waals surface area contributed by atoms with Gasteiger partial charge in [-0.3, -0.25) is 4.68 Å². The van der Waals surface area contributed by atoms with Crippen LogP contribution in [0.5, 0.6) is 0 Å². The quantitative estimate of drug-likeness (QED) is 0.925. The average Bonchev–Trinajstić information content (AvgIpc) is 2.55. The van der Waals surface area contributed by atoms with Gasteiger partial charge in [-0.1, -0.05) is 6.92 Å². The van der Waals surface area contributed by atoms with E-state index in [-0.39, 0.29) is 5.82 Å². The lowest BCUT2D eigenvalue weighted by atomic mass is 10.1. The second-order valence-corrected chi connectivity index (χ2v) is 4.67. The van der Waals surface area contributed by atoms with Gasteiger partial charge in [-0.15, -0.1) is 0 Å². The van der Waals surface area contributed by atoms with E-state index in [1.54, 1.807) is 17.8 Å². The number of aromatic nitrogens is 2. The fourth-order valence-electron chi connectivity index (χ4n) is 1.83. The molecule has 0 aliphatic rings. The number of hydrogen-bond donors (Lipinski definition) is 1. The first-order valence-corrected chi connectivity index (χ1v) is 6.10. The van der Waals surface area contributed by atoms with Gasteiger partial charge in [0.15, 0.2) is 0 Å². The highest BCUT2D eigenvalue weighted by Crippen LogP contribution is 2.32. The molecule has 5 heteroatoms. The third-order valence-electron chi connectivity index (χ3n) is 2.73. The zero-order chi connectivity index (χ0) is 12.6. The summed E-state index contributed by atoms with van der Waals surface area (Å²) in [5.74, 6) is 0.376. The number of aryl methyl sites for hydroxylation is 1. The Morgan fingerprint density at radius 3 is 2.76 bits per heavy atom. The van der Waals surface area contributed by atoms with Gasteiger partial charge in [-0.2, -0.15) is 5.10 Å². The fraction of sp³-hybridized carbons (Fsp3) is 0.250. The second kappa shape index (κ2) is 4.49. The van der Waals surface area contributed by atoms with E-state index in [0.29, 0.717) is 10.3 Å². The van der Waals surface area contributed by atoms with E-state index < -0.39 is 0 Å². The predicted octanol–water partition coefficient (Wildman–Crippen LogP) is 3.13. The van der Waals surface area contributed by atoms with E-state index >= 15 is 0 Å². The van der Waals surface area contributed by atoms with Crippen molar-refractivity contribution in [1.29, 1.82) is 0 Å². The lowest BCUT2D eigenvalue weighted by Crippen LogP contribution is -1.98. The Balaban J connectivity index is 2.64. The Morgan fingerprint density at radius 2 is 2.18 bits per heavy atom. The molecule has 0 amide bonds. The van der Waals surface area contributed by atoms with Crippen LogP contribution in [0.4, 0.5) is 10.2 Å². The summed E-state index contributed by atoms with van der Waals surface area (Å²) in [5.41, 5.74) is 8.59. The first-order valence-electron chi connectivity index (χ1n) is 5.31. The van der Waals surface area contributed by atoms with E-state index in [1.165, 1.54) is 12.1 Å². The molecule has 2 N–H and O–H groups in total. The molecule has 0 spiro atoms. The maximum absolute atomic E-state index is 13.0. The van der Waals surface area contributed by atoms with Crippen LogP contribution in [-0.2, 0) is 13.5 Å². The lowest BCUT2D eigenvalue weighted by molar-refractivity contribution is 0.627. The zero-order valence-corrected chi connectivity index (χ0v) is 11.3. The van der Waals surface area contributed by atoms with E-state index in [1.807, 2.05) is 6.92 Å². The monoisotopic (exact) mass is 297 g/mol. The molecular weight excluding hydrogens is 285 g/mol. The minimum absolute atomic E-state index is 0.275. The van der Waals surface area contributed by atoms with Crippen LogP contribution in [0.15, 0.2) is 22.7 Å². The van der Waals surface area contributed by atoms with Gasteiger partial charge in [-0.05, 0) is 40.5 Å². The SMILES string of the molecule is CCc1c(-c2ccc(F)cc2Br)nn(C)c1N. The van der Waals surface area contributed by atoms with Gasteiger partial charge < -0.3 is 5.73 Å². The predicted molar refractivity (Wildman–Crippen MR) is 70.1 cm³/mol. The lowest BCUT2D eigenvalue weighted by Gasteiger charge is -2.03. The summed E-state index contributed by atoms with van der Waals surface area (Å²) in [6, 6.07) is 4.56. The summed E-state index contributed by atoms with van der Waals surface area (Å²) in [7, 11) is 1.80. The zero-order valence-electron chi connectivity index (χ0n) is 9.67. The molecule has 3 nitrogen and oxygen atoms in total. The van der Waals surface area contributed by atoms with Crippen LogP contribution in [0, 0.1) is 5.82 Å². The highest BCUT2D eigenvalue weighted by Gasteiger charge is 2.16. The Bertz CT molecular complexity index is 563. The third-order valence-corrected chi connectivity index (χ3v) is 3.39. The Morgan fingerprint density at radius 1 is 1.47 bits per heavy atom. The average molecular weight is 298 g/mol. The van der Waals surface area contributed by atoms with Gasteiger partial charge in [-0.25, -0.2) is 4.39 Å². The van der Waals surface area contributed by atoms with Crippen LogP contribution < -0.4 is 5.73 Å². The van der Waals surface area contributed by atoms with Crippen molar-refractivity contribution in [2.75, 3.05) is 5.73 Å². The molecule has 0 bridgehead atoms. The molecule has 0 aliphatic heterocycles. The molecule has 1 aromatic carbocycles. The Hall–Kier alpha value is -1.36. The summed E-state index contributed by atoms with van der Waals surface area (Å²) in [6.07, 6.45) is 0.790. The summed E-state index contributed by atoms with van der Waals surface area (Å²) < 4.78 is 15.4.